The Kier molecular flexibility index (Phi) is 6.90. The third-order valence-corrected chi connectivity index (χ3v) is 2.74. The Morgan fingerprint density at radius 2 is 2.00 bits per heavy atom. The fraction of sp³-hybridized carbons (Fsp3) is 0.769. The molecule has 0 amide bonds. The van der Waals surface area contributed by atoms with Gasteiger partial charge in [-0.2, -0.15) is 0 Å². The van der Waals surface area contributed by atoms with Gasteiger partial charge < -0.3 is 9.30 Å². The number of aromatic nitrogens is 2. The van der Waals surface area contributed by atoms with Crippen molar-refractivity contribution >= 4 is 0 Å². The van der Waals surface area contributed by atoms with Gasteiger partial charge in [-0.3, -0.25) is 0 Å². The third-order valence-electron chi connectivity index (χ3n) is 2.74. The van der Waals surface area contributed by atoms with Crippen molar-refractivity contribution in [1.82, 2.24) is 9.55 Å². The summed E-state index contributed by atoms with van der Waals surface area (Å²) in [6, 6.07) is 0. The molecule has 0 aliphatic rings. The molecule has 0 aromatic carbocycles. The minimum atomic E-state index is 0.637. The highest BCUT2D eigenvalue weighted by Gasteiger charge is 2.01. The maximum atomic E-state index is 5.38. The van der Waals surface area contributed by atoms with Gasteiger partial charge in [-0.1, -0.05) is 32.6 Å². The second-order valence-corrected chi connectivity index (χ2v) is 4.09. The van der Waals surface area contributed by atoms with E-state index in [4.69, 9.17) is 4.74 Å². The Bertz CT molecular complexity index is 271. The van der Waals surface area contributed by atoms with Crippen LogP contribution in [0.25, 0.3) is 0 Å². The van der Waals surface area contributed by atoms with E-state index in [1.165, 1.54) is 32.1 Å². The van der Waals surface area contributed by atoms with E-state index in [1.807, 2.05) is 19.3 Å². The van der Waals surface area contributed by atoms with Crippen LogP contribution in [0.1, 0.15) is 51.8 Å². The van der Waals surface area contributed by atoms with E-state index >= 15 is 0 Å². The highest BCUT2D eigenvalue weighted by molar-refractivity contribution is 4.90. The van der Waals surface area contributed by atoms with E-state index in [9.17, 15) is 0 Å². The molecule has 1 rings (SSSR count). The van der Waals surface area contributed by atoms with E-state index < -0.39 is 0 Å². The van der Waals surface area contributed by atoms with Gasteiger partial charge in [0.1, 0.15) is 12.4 Å². The smallest absolute Gasteiger partial charge is 0.134 e. The van der Waals surface area contributed by atoms with Crippen LogP contribution in [0.4, 0.5) is 0 Å². The number of unbranched alkanes of at least 4 members (excludes halogenated alkanes) is 4. The molecule has 0 fully saturated rings. The van der Waals surface area contributed by atoms with Crippen molar-refractivity contribution in [2.45, 2.75) is 59.1 Å². The highest BCUT2D eigenvalue weighted by atomic mass is 16.5. The van der Waals surface area contributed by atoms with E-state index in [1.54, 1.807) is 0 Å². The molecule has 3 nitrogen and oxygen atoms in total. The van der Waals surface area contributed by atoms with Crippen LogP contribution in [0.3, 0.4) is 0 Å². The van der Waals surface area contributed by atoms with Gasteiger partial charge in [0.2, 0.25) is 0 Å². The van der Waals surface area contributed by atoms with Gasteiger partial charge in [-0.25, -0.2) is 4.98 Å². The lowest BCUT2D eigenvalue weighted by molar-refractivity contribution is 0.125. The fourth-order valence-corrected chi connectivity index (χ4v) is 1.76. The average Bonchev–Trinajstić information content (AvgIpc) is 2.74. The third kappa shape index (κ3) is 4.79. The molecule has 3 heteroatoms. The Hall–Kier alpha value is -0.830. The van der Waals surface area contributed by atoms with Crippen LogP contribution in [0.15, 0.2) is 12.4 Å². The molecule has 16 heavy (non-hydrogen) atoms. The molecule has 1 aromatic rings. The lowest BCUT2D eigenvalue weighted by atomic mass is 10.1. The first kappa shape index (κ1) is 13.2. The van der Waals surface area contributed by atoms with Crippen molar-refractivity contribution in [1.29, 1.82) is 0 Å². The number of hydrogen-bond donors (Lipinski definition) is 0. The lowest BCUT2D eigenvalue weighted by Crippen LogP contribution is -2.05. The molecular formula is C13H24N2O. The maximum absolute atomic E-state index is 5.38. The molecule has 0 aliphatic heterocycles. The standard InChI is InChI=1S/C13H24N2O/c1-3-5-6-7-8-10-15-11-9-14-13(15)12-16-4-2/h9,11H,3-8,10,12H2,1-2H3. The summed E-state index contributed by atoms with van der Waals surface area (Å²) in [5.74, 6) is 1.05. The van der Waals surface area contributed by atoms with Gasteiger partial charge in [0.15, 0.2) is 0 Å². The Morgan fingerprint density at radius 3 is 2.75 bits per heavy atom. The molecule has 0 bridgehead atoms. The predicted molar refractivity (Wildman–Crippen MR) is 66.3 cm³/mol. The highest BCUT2D eigenvalue weighted by Crippen LogP contribution is 2.06. The summed E-state index contributed by atoms with van der Waals surface area (Å²) in [4.78, 5) is 4.31. The van der Waals surface area contributed by atoms with E-state index in [-0.39, 0.29) is 0 Å². The van der Waals surface area contributed by atoms with E-state index in [0.29, 0.717) is 6.61 Å². The summed E-state index contributed by atoms with van der Waals surface area (Å²) in [6.07, 6.45) is 10.5. The van der Waals surface area contributed by atoms with Crippen LogP contribution in [0.5, 0.6) is 0 Å². The van der Waals surface area contributed by atoms with Crippen molar-refractivity contribution in [2.75, 3.05) is 6.61 Å². The van der Waals surface area contributed by atoms with Gasteiger partial charge in [0.05, 0.1) is 0 Å². The maximum Gasteiger partial charge on any atom is 0.134 e. The fourth-order valence-electron chi connectivity index (χ4n) is 1.76. The first-order valence-electron chi connectivity index (χ1n) is 6.46. The van der Waals surface area contributed by atoms with Crippen LogP contribution in [0.2, 0.25) is 0 Å². The van der Waals surface area contributed by atoms with Crippen molar-refractivity contribution < 1.29 is 4.74 Å². The second kappa shape index (κ2) is 8.34. The molecule has 0 aliphatic carbocycles. The first-order chi connectivity index (χ1) is 7.88. The Labute approximate surface area is 98.8 Å². The van der Waals surface area contributed by atoms with Crippen LogP contribution in [0, 0.1) is 0 Å². The molecule has 0 unspecified atom stereocenters. The van der Waals surface area contributed by atoms with Crippen LogP contribution in [-0.4, -0.2) is 16.2 Å². The molecule has 0 radical (unpaired) electrons. The van der Waals surface area contributed by atoms with Crippen molar-refractivity contribution in [3.05, 3.63) is 18.2 Å². The topological polar surface area (TPSA) is 27.1 Å². The average molecular weight is 224 g/mol. The quantitative estimate of drug-likeness (QED) is 0.601. The normalized spacial score (nSPS) is 10.9. The van der Waals surface area contributed by atoms with Crippen molar-refractivity contribution in [2.24, 2.45) is 0 Å². The zero-order chi connectivity index (χ0) is 11.6. The predicted octanol–water partition coefficient (Wildman–Crippen LogP) is 3.39. The van der Waals surface area contributed by atoms with Gasteiger partial charge in [-0.05, 0) is 13.3 Å². The van der Waals surface area contributed by atoms with Crippen molar-refractivity contribution in [3.8, 4) is 0 Å². The minimum absolute atomic E-state index is 0.637. The zero-order valence-electron chi connectivity index (χ0n) is 10.6. The van der Waals surface area contributed by atoms with Gasteiger partial charge >= 0.3 is 0 Å². The number of rotatable bonds is 9. The summed E-state index contributed by atoms with van der Waals surface area (Å²) in [5, 5.41) is 0. The Balaban J connectivity index is 2.22. The number of ether oxygens (including phenoxy) is 1. The number of aryl methyl sites for hydroxylation is 1. The lowest BCUT2D eigenvalue weighted by Gasteiger charge is -2.07. The molecular weight excluding hydrogens is 200 g/mol. The largest absolute Gasteiger partial charge is 0.374 e. The Morgan fingerprint density at radius 1 is 1.19 bits per heavy atom. The molecule has 92 valence electrons. The van der Waals surface area contributed by atoms with Gasteiger partial charge in [0, 0.05) is 25.5 Å². The second-order valence-electron chi connectivity index (χ2n) is 4.09. The number of hydrogen-bond acceptors (Lipinski definition) is 2. The first-order valence-corrected chi connectivity index (χ1v) is 6.46. The zero-order valence-corrected chi connectivity index (χ0v) is 10.6. The number of imidazole rings is 1. The molecule has 1 heterocycles. The molecule has 0 saturated carbocycles. The SMILES string of the molecule is CCCCCCCn1ccnc1COCC. The summed E-state index contributed by atoms with van der Waals surface area (Å²) in [6.45, 7) is 6.72. The summed E-state index contributed by atoms with van der Waals surface area (Å²) in [7, 11) is 0. The van der Waals surface area contributed by atoms with E-state index in [0.717, 1.165) is 19.0 Å². The summed E-state index contributed by atoms with van der Waals surface area (Å²) >= 11 is 0. The monoisotopic (exact) mass is 224 g/mol. The summed E-state index contributed by atoms with van der Waals surface area (Å²) < 4.78 is 7.59. The van der Waals surface area contributed by atoms with Gasteiger partial charge in [-0.15, -0.1) is 0 Å². The van der Waals surface area contributed by atoms with Gasteiger partial charge in [0.25, 0.3) is 0 Å². The minimum Gasteiger partial charge on any atom is -0.374 e. The van der Waals surface area contributed by atoms with E-state index in [2.05, 4.69) is 16.5 Å². The molecule has 0 saturated heterocycles. The molecule has 0 spiro atoms. The molecule has 1 aromatic heterocycles. The van der Waals surface area contributed by atoms with Crippen LogP contribution in [-0.2, 0) is 17.9 Å². The molecule has 0 N–H and O–H groups in total. The van der Waals surface area contributed by atoms with Crippen molar-refractivity contribution in [3.63, 3.8) is 0 Å². The van der Waals surface area contributed by atoms with Crippen LogP contribution < -0.4 is 0 Å². The molecule has 0 atom stereocenters. The number of nitrogens with zero attached hydrogens (tertiary/aromatic N) is 2. The summed E-state index contributed by atoms with van der Waals surface area (Å²) in [5.41, 5.74) is 0. The van der Waals surface area contributed by atoms with Crippen LogP contribution >= 0.6 is 0 Å².